The van der Waals surface area contributed by atoms with Crippen molar-refractivity contribution in [3.63, 3.8) is 0 Å². The predicted octanol–water partition coefficient (Wildman–Crippen LogP) is 7.14. The summed E-state index contributed by atoms with van der Waals surface area (Å²) in [6.45, 7) is 2.13. The molecule has 4 heteroatoms. The molecular weight excluding hydrogens is 369 g/mol. The lowest BCUT2D eigenvalue weighted by Crippen LogP contribution is -2.09. The third-order valence-electron chi connectivity index (χ3n) is 5.17. The molecule has 0 N–H and O–H groups in total. The van der Waals surface area contributed by atoms with Crippen LogP contribution in [0.15, 0.2) is 42.5 Å². The number of aryl methyl sites for hydroxylation is 2. The van der Waals surface area contributed by atoms with Crippen molar-refractivity contribution >= 4 is 11.6 Å². The largest absolute Gasteiger partial charge is 0.206 e. The maximum absolute atomic E-state index is 15.2. The smallest absolute Gasteiger partial charge is 0.142 e. The Bertz CT molecular complexity index is 1040. The summed E-state index contributed by atoms with van der Waals surface area (Å²) in [6.07, 6.45) is 3.24. The topological polar surface area (TPSA) is 0 Å². The first-order chi connectivity index (χ1) is 13.0. The zero-order valence-corrected chi connectivity index (χ0v) is 15.6. The number of halogens is 4. The molecule has 0 saturated heterocycles. The molecule has 1 aliphatic carbocycles. The summed E-state index contributed by atoms with van der Waals surface area (Å²) >= 11 is 5.69. The molecule has 0 unspecified atom stereocenters. The van der Waals surface area contributed by atoms with Crippen LogP contribution in [0.3, 0.4) is 0 Å². The average Bonchev–Trinajstić information content (AvgIpc) is 2.64. The summed E-state index contributed by atoms with van der Waals surface area (Å²) in [5, 5.41) is -0.0747. The number of benzene rings is 3. The Hall–Kier alpha value is -2.26. The highest BCUT2D eigenvalue weighted by molar-refractivity contribution is 6.30. The van der Waals surface area contributed by atoms with Gasteiger partial charge in [-0.05, 0) is 70.8 Å². The third kappa shape index (κ3) is 3.14. The normalized spacial score (nSPS) is 12.6. The van der Waals surface area contributed by atoms with Gasteiger partial charge >= 0.3 is 0 Å². The van der Waals surface area contributed by atoms with E-state index in [9.17, 15) is 8.78 Å². The van der Waals surface area contributed by atoms with E-state index >= 15 is 4.39 Å². The van der Waals surface area contributed by atoms with E-state index < -0.39 is 17.5 Å². The van der Waals surface area contributed by atoms with Gasteiger partial charge in [-0.2, -0.15) is 0 Å². The van der Waals surface area contributed by atoms with Crippen molar-refractivity contribution in [3.05, 3.63) is 81.6 Å². The molecule has 0 radical (unpaired) electrons. The van der Waals surface area contributed by atoms with E-state index in [2.05, 4.69) is 13.0 Å². The van der Waals surface area contributed by atoms with E-state index in [0.29, 0.717) is 24.0 Å². The van der Waals surface area contributed by atoms with Crippen LogP contribution in [-0.2, 0) is 19.3 Å². The molecule has 0 saturated carbocycles. The van der Waals surface area contributed by atoms with Gasteiger partial charge in [0, 0.05) is 0 Å². The molecule has 27 heavy (non-hydrogen) atoms. The fourth-order valence-corrected chi connectivity index (χ4v) is 4.00. The van der Waals surface area contributed by atoms with E-state index in [-0.39, 0.29) is 16.1 Å². The fourth-order valence-electron chi connectivity index (χ4n) is 3.88. The van der Waals surface area contributed by atoms with Crippen molar-refractivity contribution in [2.24, 2.45) is 0 Å². The molecule has 0 amide bonds. The zero-order chi connectivity index (χ0) is 19.1. The van der Waals surface area contributed by atoms with Gasteiger partial charge in [0.25, 0.3) is 0 Å². The van der Waals surface area contributed by atoms with Gasteiger partial charge in [-0.25, -0.2) is 13.2 Å². The van der Waals surface area contributed by atoms with Gasteiger partial charge in [-0.3, -0.25) is 0 Å². The van der Waals surface area contributed by atoms with Crippen molar-refractivity contribution in [1.82, 2.24) is 0 Å². The van der Waals surface area contributed by atoms with Crippen LogP contribution < -0.4 is 0 Å². The van der Waals surface area contributed by atoms with Gasteiger partial charge < -0.3 is 0 Å². The lowest BCUT2D eigenvalue weighted by molar-refractivity contribution is 0.576. The van der Waals surface area contributed by atoms with Crippen molar-refractivity contribution < 1.29 is 13.2 Å². The zero-order valence-electron chi connectivity index (χ0n) is 14.9. The van der Waals surface area contributed by atoms with Crippen LogP contribution in [0.1, 0.15) is 30.0 Å². The highest BCUT2D eigenvalue weighted by atomic mass is 35.5. The Morgan fingerprint density at radius 3 is 2.44 bits per heavy atom. The van der Waals surface area contributed by atoms with Crippen LogP contribution in [0, 0.1) is 17.5 Å². The van der Waals surface area contributed by atoms with Gasteiger partial charge in [-0.1, -0.05) is 49.2 Å². The lowest BCUT2D eigenvalue weighted by atomic mass is 9.82. The quantitative estimate of drug-likeness (QED) is 0.448. The Kier molecular flexibility index (Phi) is 4.73. The standard InChI is InChI=1S/C23H18ClF3/c1-2-3-13-4-7-16-14(10-13)5-8-17-18(16)12-21(26)22(23(17)27)15-6-9-19(24)20(25)11-15/h4,6-7,9-12H,2-3,5,8H2,1H3. The molecule has 3 aromatic rings. The summed E-state index contributed by atoms with van der Waals surface area (Å²) in [5.74, 6) is -2.01. The van der Waals surface area contributed by atoms with Crippen molar-refractivity contribution in [2.45, 2.75) is 32.6 Å². The number of hydrogen-bond donors (Lipinski definition) is 0. The summed E-state index contributed by atoms with van der Waals surface area (Å²) in [4.78, 5) is 0. The van der Waals surface area contributed by atoms with E-state index in [1.807, 2.05) is 12.1 Å². The maximum atomic E-state index is 15.2. The molecular formula is C23H18ClF3. The second-order valence-corrected chi connectivity index (χ2v) is 7.35. The Labute approximate surface area is 161 Å². The van der Waals surface area contributed by atoms with Gasteiger partial charge in [0.15, 0.2) is 0 Å². The minimum atomic E-state index is -0.696. The molecule has 0 bridgehead atoms. The molecule has 0 spiro atoms. The second-order valence-electron chi connectivity index (χ2n) is 6.94. The SMILES string of the molecule is CCCc1ccc2c(c1)CCc1c-2cc(F)c(-c2ccc(Cl)c(F)c2)c1F. The van der Waals surface area contributed by atoms with Crippen molar-refractivity contribution in [2.75, 3.05) is 0 Å². The monoisotopic (exact) mass is 386 g/mol. The Morgan fingerprint density at radius 2 is 1.70 bits per heavy atom. The molecule has 0 atom stereocenters. The predicted molar refractivity (Wildman–Crippen MR) is 104 cm³/mol. The summed E-state index contributed by atoms with van der Waals surface area (Å²) in [6, 6.07) is 11.3. The minimum absolute atomic E-state index is 0.0747. The average molecular weight is 387 g/mol. The lowest BCUT2D eigenvalue weighted by Gasteiger charge is -2.23. The van der Waals surface area contributed by atoms with Crippen LogP contribution in [-0.4, -0.2) is 0 Å². The van der Waals surface area contributed by atoms with Crippen LogP contribution in [0.4, 0.5) is 13.2 Å². The van der Waals surface area contributed by atoms with Crippen molar-refractivity contribution in [1.29, 1.82) is 0 Å². The van der Waals surface area contributed by atoms with Crippen LogP contribution >= 0.6 is 11.6 Å². The molecule has 0 aliphatic heterocycles. The highest BCUT2D eigenvalue weighted by Gasteiger charge is 2.25. The van der Waals surface area contributed by atoms with E-state index in [0.717, 1.165) is 30.0 Å². The molecule has 0 fully saturated rings. The molecule has 3 aromatic carbocycles. The van der Waals surface area contributed by atoms with E-state index in [1.54, 1.807) is 0 Å². The molecule has 138 valence electrons. The first kappa shape index (κ1) is 18.1. The minimum Gasteiger partial charge on any atom is -0.206 e. The van der Waals surface area contributed by atoms with E-state index in [1.165, 1.54) is 23.8 Å². The number of rotatable bonds is 3. The molecule has 4 rings (SSSR count). The molecule has 0 nitrogen and oxygen atoms in total. The number of hydrogen-bond acceptors (Lipinski definition) is 0. The van der Waals surface area contributed by atoms with Crippen molar-refractivity contribution in [3.8, 4) is 22.3 Å². The second kappa shape index (κ2) is 7.05. The Balaban J connectivity index is 1.86. The van der Waals surface area contributed by atoms with Gasteiger partial charge in [0.1, 0.15) is 17.5 Å². The maximum Gasteiger partial charge on any atom is 0.142 e. The summed E-state index contributed by atoms with van der Waals surface area (Å²) in [5.41, 5.74) is 4.27. The fraction of sp³-hybridized carbons (Fsp3) is 0.217. The van der Waals surface area contributed by atoms with Crippen LogP contribution in [0.2, 0.25) is 5.02 Å². The van der Waals surface area contributed by atoms with Gasteiger partial charge in [-0.15, -0.1) is 0 Å². The third-order valence-corrected chi connectivity index (χ3v) is 5.48. The van der Waals surface area contributed by atoms with Gasteiger partial charge in [0.05, 0.1) is 10.6 Å². The molecule has 0 aromatic heterocycles. The van der Waals surface area contributed by atoms with Crippen LogP contribution in [0.25, 0.3) is 22.3 Å². The molecule has 0 heterocycles. The van der Waals surface area contributed by atoms with Crippen LogP contribution in [0.5, 0.6) is 0 Å². The Morgan fingerprint density at radius 1 is 0.889 bits per heavy atom. The summed E-state index contributed by atoms with van der Waals surface area (Å²) in [7, 11) is 0. The first-order valence-corrected chi connectivity index (χ1v) is 9.46. The number of fused-ring (bicyclic) bond motifs is 3. The highest BCUT2D eigenvalue weighted by Crippen LogP contribution is 2.40. The first-order valence-electron chi connectivity index (χ1n) is 9.08. The van der Waals surface area contributed by atoms with Gasteiger partial charge in [0.2, 0.25) is 0 Å². The summed E-state index contributed by atoms with van der Waals surface area (Å²) < 4.78 is 43.9. The molecule has 1 aliphatic rings. The van der Waals surface area contributed by atoms with E-state index in [4.69, 9.17) is 11.6 Å².